The van der Waals surface area contributed by atoms with Gasteiger partial charge in [0, 0.05) is 19.2 Å². The average Bonchev–Trinajstić information content (AvgIpc) is 3.30. The maximum atomic E-state index is 12.6. The number of nitrogens with zero attached hydrogens (tertiary/aromatic N) is 4. The number of carbonyl (C=O) groups is 1. The summed E-state index contributed by atoms with van der Waals surface area (Å²) in [4.78, 5) is 14.6. The fraction of sp³-hybridized carbons (Fsp3) is 0.370. The van der Waals surface area contributed by atoms with E-state index in [1.165, 1.54) is 11.1 Å². The average molecular weight is 445 g/mol. The van der Waals surface area contributed by atoms with Crippen LogP contribution in [0.25, 0.3) is 6.08 Å². The summed E-state index contributed by atoms with van der Waals surface area (Å²) in [5.41, 5.74) is 3.21. The van der Waals surface area contributed by atoms with Crippen molar-refractivity contribution in [3.8, 4) is 5.75 Å². The predicted molar refractivity (Wildman–Crippen MR) is 130 cm³/mol. The van der Waals surface area contributed by atoms with Crippen molar-refractivity contribution in [1.29, 1.82) is 0 Å². The molecule has 33 heavy (non-hydrogen) atoms. The van der Waals surface area contributed by atoms with Crippen molar-refractivity contribution in [2.24, 2.45) is 5.92 Å². The molecule has 0 bridgehead atoms. The van der Waals surface area contributed by atoms with E-state index in [0.29, 0.717) is 24.8 Å². The van der Waals surface area contributed by atoms with Crippen molar-refractivity contribution in [1.82, 2.24) is 19.9 Å². The van der Waals surface area contributed by atoms with Crippen LogP contribution in [0.3, 0.4) is 0 Å². The molecular weight excluding hydrogens is 412 g/mol. The summed E-state index contributed by atoms with van der Waals surface area (Å²) in [6.07, 6.45) is 9.60. The Balaban J connectivity index is 1.19. The first-order valence-electron chi connectivity index (χ1n) is 11.8. The molecule has 1 amide bonds. The summed E-state index contributed by atoms with van der Waals surface area (Å²) in [7, 11) is 0. The van der Waals surface area contributed by atoms with E-state index in [0.717, 1.165) is 44.5 Å². The van der Waals surface area contributed by atoms with Crippen molar-refractivity contribution in [3.63, 3.8) is 0 Å². The number of carbonyl (C=O) groups excluding carboxylic acids is 1. The first kappa shape index (κ1) is 22.8. The Morgan fingerprint density at radius 3 is 2.55 bits per heavy atom. The Kier molecular flexibility index (Phi) is 7.90. The predicted octanol–water partition coefficient (Wildman–Crippen LogP) is 4.61. The number of hydrogen-bond acceptors (Lipinski definition) is 4. The Hall–Kier alpha value is -3.41. The van der Waals surface area contributed by atoms with Gasteiger partial charge >= 0.3 is 0 Å². The van der Waals surface area contributed by atoms with Crippen LogP contribution in [0.2, 0.25) is 0 Å². The topological polar surface area (TPSA) is 60.2 Å². The van der Waals surface area contributed by atoms with Crippen molar-refractivity contribution < 1.29 is 9.53 Å². The van der Waals surface area contributed by atoms with Gasteiger partial charge in [0.2, 0.25) is 5.91 Å². The van der Waals surface area contributed by atoms with E-state index in [-0.39, 0.29) is 5.91 Å². The lowest BCUT2D eigenvalue weighted by Crippen LogP contribution is -2.37. The summed E-state index contributed by atoms with van der Waals surface area (Å²) in [6.45, 7) is 4.99. The third-order valence-electron chi connectivity index (χ3n) is 6.14. The molecule has 0 radical (unpaired) electrons. The van der Waals surface area contributed by atoms with Crippen LogP contribution in [0.1, 0.15) is 43.0 Å². The van der Waals surface area contributed by atoms with Gasteiger partial charge in [-0.05, 0) is 67.9 Å². The quantitative estimate of drug-likeness (QED) is 0.452. The van der Waals surface area contributed by atoms with Crippen molar-refractivity contribution in [2.45, 2.75) is 39.2 Å². The first-order valence-corrected chi connectivity index (χ1v) is 11.8. The van der Waals surface area contributed by atoms with Gasteiger partial charge in [-0.2, -0.15) is 0 Å². The minimum atomic E-state index is 0.0533. The van der Waals surface area contributed by atoms with Gasteiger partial charge < -0.3 is 9.64 Å². The molecule has 0 saturated carbocycles. The zero-order valence-corrected chi connectivity index (χ0v) is 19.3. The molecule has 0 unspecified atom stereocenters. The number of hydrogen-bond donors (Lipinski definition) is 0. The minimum absolute atomic E-state index is 0.0533. The summed E-state index contributed by atoms with van der Waals surface area (Å²) >= 11 is 0. The van der Waals surface area contributed by atoms with E-state index in [1.54, 1.807) is 16.8 Å². The molecule has 1 fully saturated rings. The lowest BCUT2D eigenvalue weighted by Gasteiger charge is -2.31. The Morgan fingerprint density at radius 1 is 1.06 bits per heavy atom. The van der Waals surface area contributed by atoms with Crippen LogP contribution >= 0.6 is 0 Å². The fourth-order valence-electron chi connectivity index (χ4n) is 4.23. The number of rotatable bonds is 9. The SMILES string of the molecule is CCOc1ccc(CCC2CCN(C(=O)/C=C/c3cn(Cc4ccccc4)nn3)CC2)cc1. The molecule has 0 aliphatic carbocycles. The minimum Gasteiger partial charge on any atom is -0.494 e. The summed E-state index contributed by atoms with van der Waals surface area (Å²) in [5, 5.41) is 8.31. The van der Waals surface area contributed by atoms with Crippen LogP contribution in [0.4, 0.5) is 0 Å². The van der Waals surface area contributed by atoms with E-state index in [2.05, 4.69) is 34.6 Å². The molecular formula is C27H32N4O2. The number of piperidine rings is 1. The number of aromatic nitrogens is 3. The summed E-state index contributed by atoms with van der Waals surface area (Å²) < 4.78 is 7.30. The summed E-state index contributed by atoms with van der Waals surface area (Å²) in [5.74, 6) is 1.65. The highest BCUT2D eigenvalue weighted by atomic mass is 16.5. The van der Waals surface area contributed by atoms with Crippen LogP contribution in [-0.2, 0) is 17.8 Å². The van der Waals surface area contributed by atoms with E-state index in [9.17, 15) is 4.79 Å². The second kappa shape index (κ2) is 11.5. The second-order valence-corrected chi connectivity index (χ2v) is 8.54. The molecule has 1 aliphatic rings. The van der Waals surface area contributed by atoms with Crippen molar-refractivity contribution in [3.05, 3.63) is 83.7 Å². The molecule has 6 nitrogen and oxygen atoms in total. The van der Waals surface area contributed by atoms with Gasteiger partial charge in [0.15, 0.2) is 0 Å². The van der Waals surface area contributed by atoms with Gasteiger partial charge in [0.1, 0.15) is 11.4 Å². The summed E-state index contributed by atoms with van der Waals surface area (Å²) in [6, 6.07) is 18.5. The van der Waals surface area contributed by atoms with Crippen LogP contribution in [-0.4, -0.2) is 45.5 Å². The highest BCUT2D eigenvalue weighted by molar-refractivity contribution is 5.91. The molecule has 1 aromatic heterocycles. The molecule has 0 atom stereocenters. The van der Waals surface area contributed by atoms with E-state index >= 15 is 0 Å². The maximum Gasteiger partial charge on any atom is 0.246 e. The van der Waals surface area contributed by atoms with Gasteiger partial charge in [-0.1, -0.05) is 47.7 Å². The largest absolute Gasteiger partial charge is 0.494 e. The first-order chi connectivity index (χ1) is 16.2. The molecule has 2 aromatic carbocycles. The lowest BCUT2D eigenvalue weighted by atomic mass is 9.90. The Morgan fingerprint density at radius 2 is 1.82 bits per heavy atom. The molecule has 2 heterocycles. The number of ether oxygens (including phenoxy) is 1. The van der Waals surface area contributed by atoms with E-state index < -0.39 is 0 Å². The normalized spacial score (nSPS) is 14.6. The number of aryl methyl sites for hydroxylation is 1. The molecule has 172 valence electrons. The molecule has 0 N–H and O–H groups in total. The lowest BCUT2D eigenvalue weighted by molar-refractivity contribution is -0.127. The fourth-order valence-corrected chi connectivity index (χ4v) is 4.23. The molecule has 4 rings (SSSR count). The van der Waals surface area contributed by atoms with Gasteiger partial charge in [-0.15, -0.1) is 5.10 Å². The van der Waals surface area contributed by atoms with Crippen LogP contribution < -0.4 is 4.74 Å². The van der Waals surface area contributed by atoms with Gasteiger partial charge in [-0.3, -0.25) is 4.79 Å². The van der Waals surface area contributed by atoms with Crippen LogP contribution in [0.5, 0.6) is 5.75 Å². The third kappa shape index (κ3) is 6.78. The number of amides is 1. The van der Waals surface area contributed by atoms with E-state index in [4.69, 9.17) is 4.74 Å². The van der Waals surface area contributed by atoms with Crippen LogP contribution in [0.15, 0.2) is 66.9 Å². The van der Waals surface area contributed by atoms with E-state index in [1.807, 2.05) is 48.4 Å². The second-order valence-electron chi connectivity index (χ2n) is 8.54. The molecule has 3 aromatic rings. The van der Waals surface area contributed by atoms with Gasteiger partial charge in [0.05, 0.1) is 19.3 Å². The smallest absolute Gasteiger partial charge is 0.246 e. The van der Waals surface area contributed by atoms with Crippen molar-refractivity contribution >= 4 is 12.0 Å². The van der Waals surface area contributed by atoms with Crippen LogP contribution in [0, 0.1) is 5.92 Å². The molecule has 6 heteroatoms. The highest BCUT2D eigenvalue weighted by Crippen LogP contribution is 2.23. The van der Waals surface area contributed by atoms with Gasteiger partial charge in [-0.25, -0.2) is 4.68 Å². The molecule has 1 aliphatic heterocycles. The zero-order chi connectivity index (χ0) is 22.9. The highest BCUT2D eigenvalue weighted by Gasteiger charge is 2.21. The number of likely N-dealkylation sites (tertiary alicyclic amines) is 1. The Labute approximate surface area is 195 Å². The molecule has 1 saturated heterocycles. The molecule has 0 spiro atoms. The zero-order valence-electron chi connectivity index (χ0n) is 19.3. The Bertz CT molecular complexity index is 1040. The van der Waals surface area contributed by atoms with Gasteiger partial charge in [0.25, 0.3) is 0 Å². The number of benzene rings is 2. The standard InChI is InChI=1S/C27H32N4O2/c1-2-33-26-13-10-22(11-14-26)8-9-23-16-18-30(19-17-23)27(32)15-12-25-21-31(29-28-25)20-24-6-4-3-5-7-24/h3-7,10-15,21,23H,2,8-9,16-20H2,1H3/b15-12+. The maximum absolute atomic E-state index is 12.6. The van der Waals surface area contributed by atoms with Crippen molar-refractivity contribution in [2.75, 3.05) is 19.7 Å². The monoisotopic (exact) mass is 444 g/mol. The third-order valence-corrected chi connectivity index (χ3v) is 6.14.